The maximum Gasteiger partial charge on any atom is 0.138 e. The van der Waals surface area contributed by atoms with E-state index in [1.807, 2.05) is 31.6 Å². The Balaban J connectivity index is 2.46. The van der Waals surface area contributed by atoms with Gasteiger partial charge in [0.05, 0.1) is 5.69 Å². The molecule has 0 saturated heterocycles. The van der Waals surface area contributed by atoms with Gasteiger partial charge in [0.1, 0.15) is 11.6 Å². The molecule has 5 heteroatoms. The third-order valence-corrected chi connectivity index (χ3v) is 5.40. The van der Waals surface area contributed by atoms with Crippen molar-refractivity contribution in [2.75, 3.05) is 0 Å². The van der Waals surface area contributed by atoms with E-state index in [0.717, 1.165) is 37.9 Å². The van der Waals surface area contributed by atoms with Crippen molar-refractivity contribution < 1.29 is 9.59 Å². The van der Waals surface area contributed by atoms with E-state index in [1.165, 1.54) is 0 Å². The average Bonchev–Trinajstić information content (AvgIpc) is 2.94. The first-order chi connectivity index (χ1) is 11.1. The van der Waals surface area contributed by atoms with Crippen LogP contribution in [0.2, 0.25) is 0 Å². The van der Waals surface area contributed by atoms with Gasteiger partial charge in [0.2, 0.25) is 0 Å². The number of unbranched alkanes of at least 4 members (excludes halogenated alkanes) is 1. The summed E-state index contributed by atoms with van der Waals surface area (Å²) in [5.74, 6) is 0.438. The predicted octanol–water partition coefficient (Wildman–Crippen LogP) is 4.14. The van der Waals surface area contributed by atoms with E-state index in [-0.39, 0.29) is 17.0 Å². The normalized spacial score (nSPS) is 14.4. The number of aryl methyl sites for hydroxylation is 2. The number of nitrogens with zero attached hydrogens (tertiary/aromatic N) is 3. The third-order valence-electron chi connectivity index (χ3n) is 5.40. The first kappa shape index (κ1) is 20.5. The van der Waals surface area contributed by atoms with Gasteiger partial charge in [-0.1, -0.05) is 39.3 Å². The summed E-state index contributed by atoms with van der Waals surface area (Å²) in [5.41, 5.74) is 0.233. The minimum Gasteiger partial charge on any atom is -0.299 e. The van der Waals surface area contributed by atoms with Crippen LogP contribution in [0, 0.1) is 17.8 Å². The molecular formula is C19H33N3O2. The van der Waals surface area contributed by atoms with Gasteiger partial charge in [0.15, 0.2) is 0 Å². The first-order valence-corrected chi connectivity index (χ1v) is 9.02. The molecule has 136 valence electrons. The van der Waals surface area contributed by atoms with Crippen molar-refractivity contribution in [1.29, 1.82) is 0 Å². The third kappa shape index (κ3) is 5.84. The number of ketones is 2. The lowest BCUT2D eigenvalue weighted by Gasteiger charge is -2.29. The van der Waals surface area contributed by atoms with Crippen LogP contribution >= 0.6 is 0 Å². The molecule has 5 nitrogen and oxygen atoms in total. The van der Waals surface area contributed by atoms with E-state index in [9.17, 15) is 9.59 Å². The summed E-state index contributed by atoms with van der Waals surface area (Å²) in [6.07, 6.45) is 6.77. The minimum atomic E-state index is -0.407. The van der Waals surface area contributed by atoms with Crippen LogP contribution in [-0.2, 0) is 16.1 Å². The second-order valence-corrected chi connectivity index (χ2v) is 7.86. The van der Waals surface area contributed by atoms with E-state index in [1.54, 1.807) is 6.92 Å². The van der Waals surface area contributed by atoms with Crippen molar-refractivity contribution in [2.24, 2.45) is 10.8 Å². The largest absolute Gasteiger partial charge is 0.299 e. The zero-order chi connectivity index (χ0) is 18.4. The van der Waals surface area contributed by atoms with E-state index in [4.69, 9.17) is 0 Å². The summed E-state index contributed by atoms with van der Waals surface area (Å²) in [7, 11) is 0. The number of hydrogen-bond donors (Lipinski definition) is 0. The summed E-state index contributed by atoms with van der Waals surface area (Å²) < 4.78 is 1.86. The number of aromatic nitrogens is 3. The Hall–Kier alpha value is -1.52. The molecule has 0 bridgehead atoms. The standard InChI is InChI=1S/C19H33N3O2/c1-7-19(6,17(24)10-12-18(4,5)16(3)23)11-8-9-13-22-14-15(2)20-21-22/h14H,7-13H2,1-6H3/t19-/m0/s1. The summed E-state index contributed by atoms with van der Waals surface area (Å²) in [6.45, 7) is 12.4. The lowest BCUT2D eigenvalue weighted by atomic mass is 9.74. The summed E-state index contributed by atoms with van der Waals surface area (Å²) in [5, 5.41) is 8.03. The Kier molecular flexibility index (Phi) is 7.30. The molecule has 24 heavy (non-hydrogen) atoms. The lowest BCUT2D eigenvalue weighted by Crippen LogP contribution is -2.30. The van der Waals surface area contributed by atoms with Crippen molar-refractivity contribution >= 4 is 11.6 Å². The van der Waals surface area contributed by atoms with E-state index >= 15 is 0 Å². The minimum absolute atomic E-state index is 0.150. The molecular weight excluding hydrogens is 302 g/mol. The maximum absolute atomic E-state index is 12.7. The van der Waals surface area contributed by atoms with Crippen LogP contribution in [0.25, 0.3) is 0 Å². The topological polar surface area (TPSA) is 64.8 Å². The number of carbonyl (C=O) groups excluding carboxylic acids is 2. The Labute approximate surface area is 146 Å². The van der Waals surface area contributed by atoms with Gasteiger partial charge in [-0.2, -0.15) is 0 Å². The Morgan fingerprint density at radius 1 is 1.17 bits per heavy atom. The van der Waals surface area contributed by atoms with Gasteiger partial charge in [-0.15, -0.1) is 5.10 Å². The Bertz CT molecular complexity index is 563. The number of hydrogen-bond acceptors (Lipinski definition) is 4. The highest BCUT2D eigenvalue weighted by molar-refractivity contribution is 5.86. The molecule has 0 saturated carbocycles. The van der Waals surface area contributed by atoms with Crippen LogP contribution in [0.15, 0.2) is 6.20 Å². The molecule has 0 unspecified atom stereocenters. The molecule has 1 aromatic rings. The fourth-order valence-corrected chi connectivity index (χ4v) is 2.71. The zero-order valence-corrected chi connectivity index (χ0v) is 16.2. The van der Waals surface area contributed by atoms with Crippen LogP contribution in [0.5, 0.6) is 0 Å². The predicted molar refractivity (Wildman–Crippen MR) is 95.7 cm³/mol. The van der Waals surface area contributed by atoms with Gasteiger partial charge in [0, 0.05) is 30.0 Å². The van der Waals surface area contributed by atoms with Crippen molar-refractivity contribution in [3.63, 3.8) is 0 Å². The van der Waals surface area contributed by atoms with E-state index in [0.29, 0.717) is 12.8 Å². The van der Waals surface area contributed by atoms with Gasteiger partial charge in [-0.25, -0.2) is 0 Å². The van der Waals surface area contributed by atoms with Crippen LogP contribution in [0.3, 0.4) is 0 Å². The molecule has 0 aliphatic rings. The van der Waals surface area contributed by atoms with Crippen LogP contribution in [0.4, 0.5) is 0 Å². The number of rotatable bonds is 11. The average molecular weight is 335 g/mol. The van der Waals surface area contributed by atoms with Gasteiger partial charge in [-0.3, -0.25) is 14.3 Å². The maximum atomic E-state index is 12.7. The quantitative estimate of drug-likeness (QED) is 0.570. The molecule has 0 N–H and O–H groups in total. The molecule has 0 amide bonds. The highest BCUT2D eigenvalue weighted by Crippen LogP contribution is 2.33. The van der Waals surface area contributed by atoms with Crippen molar-refractivity contribution in [3.05, 3.63) is 11.9 Å². The molecule has 1 atom stereocenters. The molecule has 0 aliphatic heterocycles. The molecule has 1 heterocycles. The van der Waals surface area contributed by atoms with Crippen LogP contribution in [0.1, 0.15) is 78.8 Å². The van der Waals surface area contributed by atoms with Gasteiger partial charge in [0.25, 0.3) is 0 Å². The molecule has 0 radical (unpaired) electrons. The first-order valence-electron chi connectivity index (χ1n) is 9.02. The van der Waals surface area contributed by atoms with Crippen LogP contribution < -0.4 is 0 Å². The zero-order valence-electron chi connectivity index (χ0n) is 16.2. The van der Waals surface area contributed by atoms with E-state index < -0.39 is 5.41 Å². The highest BCUT2D eigenvalue weighted by atomic mass is 16.1. The molecule has 0 fully saturated rings. The molecule has 1 rings (SSSR count). The van der Waals surface area contributed by atoms with Crippen molar-refractivity contribution in [2.45, 2.75) is 86.6 Å². The summed E-state index contributed by atoms with van der Waals surface area (Å²) in [6, 6.07) is 0. The summed E-state index contributed by atoms with van der Waals surface area (Å²) >= 11 is 0. The molecule has 0 aromatic carbocycles. The van der Waals surface area contributed by atoms with Crippen molar-refractivity contribution in [3.8, 4) is 0 Å². The molecule has 1 aromatic heterocycles. The lowest BCUT2D eigenvalue weighted by molar-refractivity contribution is -0.130. The van der Waals surface area contributed by atoms with Gasteiger partial charge < -0.3 is 0 Å². The summed E-state index contributed by atoms with van der Waals surface area (Å²) in [4.78, 5) is 24.3. The Morgan fingerprint density at radius 2 is 1.83 bits per heavy atom. The molecule has 0 aliphatic carbocycles. The van der Waals surface area contributed by atoms with Gasteiger partial charge >= 0.3 is 0 Å². The monoisotopic (exact) mass is 335 g/mol. The van der Waals surface area contributed by atoms with Gasteiger partial charge in [-0.05, 0) is 39.5 Å². The smallest absolute Gasteiger partial charge is 0.138 e. The van der Waals surface area contributed by atoms with Crippen LogP contribution in [-0.4, -0.2) is 26.6 Å². The fourth-order valence-electron chi connectivity index (χ4n) is 2.71. The van der Waals surface area contributed by atoms with Crippen molar-refractivity contribution in [1.82, 2.24) is 15.0 Å². The number of Topliss-reactive ketones (excluding diaryl/α,β-unsaturated/α-hetero) is 2. The second-order valence-electron chi connectivity index (χ2n) is 7.86. The number of carbonyl (C=O) groups is 2. The second kappa shape index (κ2) is 8.54. The fraction of sp³-hybridized carbons (Fsp3) is 0.789. The highest BCUT2D eigenvalue weighted by Gasteiger charge is 2.32. The Morgan fingerprint density at radius 3 is 2.33 bits per heavy atom. The SMILES string of the molecule is CC[C@@](C)(CCCCn1cc(C)nn1)C(=O)CCC(C)(C)C(C)=O. The molecule has 0 spiro atoms. The van der Waals surface area contributed by atoms with E-state index in [2.05, 4.69) is 24.2 Å².